The number of rotatable bonds is 6. The second-order valence-corrected chi connectivity index (χ2v) is 6.25. The monoisotopic (exact) mass is 424 g/mol. The fourth-order valence-electron chi connectivity index (χ4n) is 2.73. The quantitative estimate of drug-likeness (QED) is 0.405. The van der Waals surface area contributed by atoms with Crippen LogP contribution in [-0.4, -0.2) is 48.6 Å². The summed E-state index contributed by atoms with van der Waals surface area (Å²) in [7, 11) is 1.23. The molecule has 1 heterocycles. The second kappa shape index (κ2) is 8.91. The van der Waals surface area contributed by atoms with Gasteiger partial charge in [-0.15, -0.1) is 0 Å². The van der Waals surface area contributed by atoms with E-state index in [2.05, 4.69) is 10.1 Å². The summed E-state index contributed by atoms with van der Waals surface area (Å²) < 4.78 is 9.63. The van der Waals surface area contributed by atoms with E-state index in [-0.39, 0.29) is 16.8 Å². The number of carbonyl (C=O) groups is 5. The Bertz CT molecular complexity index is 1090. The van der Waals surface area contributed by atoms with Crippen LogP contribution in [0.25, 0.3) is 6.08 Å². The van der Waals surface area contributed by atoms with Crippen LogP contribution in [0.5, 0.6) is 5.75 Å². The van der Waals surface area contributed by atoms with Gasteiger partial charge in [0.2, 0.25) is 0 Å². The number of ether oxygens (including phenoxy) is 2. The SMILES string of the molecule is COC(=O)c1ccc(N2C(=O)NC(=O)C(=Cc3ccc(OCC(=O)O)cc3)C2=O)cc1. The highest BCUT2D eigenvalue weighted by Gasteiger charge is 2.36. The molecular weight excluding hydrogens is 408 g/mol. The molecule has 0 radical (unpaired) electrons. The first-order valence-electron chi connectivity index (χ1n) is 8.84. The fourth-order valence-corrected chi connectivity index (χ4v) is 2.73. The molecule has 2 aromatic rings. The van der Waals surface area contributed by atoms with E-state index < -0.39 is 36.4 Å². The van der Waals surface area contributed by atoms with Crippen LogP contribution < -0.4 is 15.0 Å². The van der Waals surface area contributed by atoms with Crippen molar-refractivity contribution in [1.29, 1.82) is 0 Å². The number of carboxylic acid groups (broad SMARTS) is 1. The zero-order valence-corrected chi connectivity index (χ0v) is 16.2. The van der Waals surface area contributed by atoms with Crippen molar-refractivity contribution in [3.8, 4) is 5.75 Å². The standard InChI is InChI=1S/C21H16N2O8/c1-30-20(28)13-4-6-14(7-5-13)23-19(27)16(18(26)22-21(23)29)10-12-2-8-15(9-3-12)31-11-17(24)25/h2-10H,11H2,1H3,(H,24,25)(H,22,26,29). The first kappa shape index (κ1) is 21.2. The Hall–Kier alpha value is -4.47. The predicted octanol–water partition coefficient (Wildman–Crippen LogP) is 1.60. The van der Waals surface area contributed by atoms with Crippen molar-refractivity contribution in [3.63, 3.8) is 0 Å². The summed E-state index contributed by atoms with van der Waals surface area (Å²) in [6.07, 6.45) is 1.29. The van der Waals surface area contributed by atoms with Crippen LogP contribution in [0.3, 0.4) is 0 Å². The number of carbonyl (C=O) groups excluding carboxylic acids is 4. The molecule has 10 nitrogen and oxygen atoms in total. The van der Waals surface area contributed by atoms with Gasteiger partial charge in [-0.25, -0.2) is 19.3 Å². The summed E-state index contributed by atoms with van der Waals surface area (Å²) in [5.41, 5.74) is 0.562. The molecular formula is C21H16N2O8. The highest BCUT2D eigenvalue weighted by atomic mass is 16.5. The summed E-state index contributed by atoms with van der Waals surface area (Å²) >= 11 is 0. The third-order valence-corrected chi connectivity index (χ3v) is 4.20. The first-order chi connectivity index (χ1) is 14.8. The van der Waals surface area contributed by atoms with Gasteiger partial charge in [-0.3, -0.25) is 14.9 Å². The van der Waals surface area contributed by atoms with Crippen molar-refractivity contribution in [2.24, 2.45) is 0 Å². The van der Waals surface area contributed by atoms with Gasteiger partial charge in [0.15, 0.2) is 6.61 Å². The molecule has 2 aromatic carbocycles. The molecule has 31 heavy (non-hydrogen) atoms. The number of esters is 1. The summed E-state index contributed by atoms with van der Waals surface area (Å²) in [6, 6.07) is 10.6. The zero-order valence-electron chi connectivity index (χ0n) is 16.2. The smallest absolute Gasteiger partial charge is 0.341 e. The average molecular weight is 424 g/mol. The lowest BCUT2D eigenvalue weighted by atomic mass is 10.1. The number of carboxylic acids is 1. The second-order valence-electron chi connectivity index (χ2n) is 6.25. The number of urea groups is 1. The Kier molecular flexibility index (Phi) is 6.10. The number of amides is 4. The van der Waals surface area contributed by atoms with E-state index in [1.165, 1.54) is 61.7 Å². The van der Waals surface area contributed by atoms with Gasteiger partial charge in [0, 0.05) is 0 Å². The van der Waals surface area contributed by atoms with E-state index >= 15 is 0 Å². The minimum Gasteiger partial charge on any atom is -0.482 e. The number of hydrogen-bond donors (Lipinski definition) is 2. The first-order valence-corrected chi connectivity index (χ1v) is 8.84. The number of hydrogen-bond acceptors (Lipinski definition) is 7. The van der Waals surface area contributed by atoms with Gasteiger partial charge in [-0.05, 0) is 48.0 Å². The van der Waals surface area contributed by atoms with E-state index in [4.69, 9.17) is 9.84 Å². The molecule has 158 valence electrons. The third-order valence-electron chi connectivity index (χ3n) is 4.20. The lowest BCUT2D eigenvalue weighted by molar-refractivity contribution is -0.139. The molecule has 0 saturated carbocycles. The predicted molar refractivity (Wildman–Crippen MR) is 106 cm³/mol. The van der Waals surface area contributed by atoms with E-state index in [1.54, 1.807) is 0 Å². The maximum Gasteiger partial charge on any atom is 0.341 e. The molecule has 0 spiro atoms. The molecule has 0 bridgehead atoms. The topological polar surface area (TPSA) is 139 Å². The molecule has 0 atom stereocenters. The van der Waals surface area contributed by atoms with Crippen molar-refractivity contribution in [1.82, 2.24) is 5.32 Å². The number of nitrogens with zero attached hydrogens (tertiary/aromatic N) is 1. The van der Waals surface area contributed by atoms with Crippen molar-refractivity contribution in [3.05, 3.63) is 65.2 Å². The van der Waals surface area contributed by atoms with Gasteiger partial charge >= 0.3 is 18.0 Å². The van der Waals surface area contributed by atoms with Gasteiger partial charge < -0.3 is 14.6 Å². The van der Waals surface area contributed by atoms with Gasteiger partial charge in [0.25, 0.3) is 11.8 Å². The lowest BCUT2D eigenvalue weighted by Crippen LogP contribution is -2.54. The van der Waals surface area contributed by atoms with Crippen LogP contribution in [0.15, 0.2) is 54.1 Å². The van der Waals surface area contributed by atoms with Crippen LogP contribution in [0.4, 0.5) is 10.5 Å². The summed E-state index contributed by atoms with van der Waals surface area (Å²) in [4.78, 5) is 60.2. The zero-order chi connectivity index (χ0) is 22.5. The van der Waals surface area contributed by atoms with E-state index in [9.17, 15) is 24.0 Å². The lowest BCUT2D eigenvalue weighted by Gasteiger charge is -2.26. The molecule has 4 amide bonds. The van der Waals surface area contributed by atoms with Gasteiger partial charge in [-0.2, -0.15) is 0 Å². The molecule has 1 fully saturated rings. The van der Waals surface area contributed by atoms with Crippen LogP contribution in [0.1, 0.15) is 15.9 Å². The number of benzene rings is 2. The molecule has 0 unspecified atom stereocenters. The van der Waals surface area contributed by atoms with Gasteiger partial charge in [-0.1, -0.05) is 12.1 Å². The molecule has 0 aliphatic carbocycles. The van der Waals surface area contributed by atoms with Crippen molar-refractivity contribution in [2.75, 3.05) is 18.6 Å². The number of nitrogens with one attached hydrogen (secondary N) is 1. The number of barbiturate groups is 1. The Morgan fingerprint density at radius 1 is 1.03 bits per heavy atom. The molecule has 3 rings (SSSR count). The van der Waals surface area contributed by atoms with Crippen LogP contribution >= 0.6 is 0 Å². The van der Waals surface area contributed by atoms with Crippen molar-refractivity contribution < 1.29 is 38.6 Å². The van der Waals surface area contributed by atoms with E-state index in [1.807, 2.05) is 0 Å². The fraction of sp³-hybridized carbons (Fsp3) is 0.0952. The minimum atomic E-state index is -1.12. The van der Waals surface area contributed by atoms with Crippen LogP contribution in [-0.2, 0) is 19.1 Å². The average Bonchev–Trinajstić information content (AvgIpc) is 2.75. The van der Waals surface area contributed by atoms with E-state index in [0.29, 0.717) is 11.3 Å². The van der Waals surface area contributed by atoms with Crippen LogP contribution in [0, 0.1) is 0 Å². The molecule has 1 aliphatic rings. The van der Waals surface area contributed by atoms with Gasteiger partial charge in [0.05, 0.1) is 18.4 Å². The van der Waals surface area contributed by atoms with Crippen LogP contribution in [0.2, 0.25) is 0 Å². The number of methoxy groups -OCH3 is 1. The molecule has 0 aromatic heterocycles. The van der Waals surface area contributed by atoms with Crippen molar-refractivity contribution >= 4 is 41.5 Å². The summed E-state index contributed by atoms with van der Waals surface area (Å²) in [6.45, 7) is -0.507. The molecule has 1 aliphatic heterocycles. The Morgan fingerprint density at radius 3 is 2.26 bits per heavy atom. The molecule has 2 N–H and O–H groups in total. The maximum absolute atomic E-state index is 12.9. The number of aliphatic carboxylic acids is 1. The molecule has 10 heteroatoms. The Morgan fingerprint density at radius 2 is 1.68 bits per heavy atom. The number of anilines is 1. The summed E-state index contributed by atoms with van der Waals surface area (Å²) in [5.74, 6) is -3.10. The number of imide groups is 2. The van der Waals surface area contributed by atoms with Crippen molar-refractivity contribution in [2.45, 2.75) is 0 Å². The van der Waals surface area contributed by atoms with E-state index in [0.717, 1.165) is 4.90 Å². The normalized spacial score (nSPS) is 14.9. The largest absolute Gasteiger partial charge is 0.482 e. The third kappa shape index (κ3) is 4.75. The highest BCUT2D eigenvalue weighted by Crippen LogP contribution is 2.23. The molecule has 1 saturated heterocycles. The summed E-state index contributed by atoms with van der Waals surface area (Å²) in [5, 5.41) is 10.7. The van der Waals surface area contributed by atoms with Gasteiger partial charge in [0.1, 0.15) is 11.3 Å². The Balaban J connectivity index is 1.85. The Labute approximate surface area is 175 Å². The minimum absolute atomic E-state index is 0.158. The highest BCUT2D eigenvalue weighted by molar-refractivity contribution is 6.39. The maximum atomic E-state index is 12.9.